The summed E-state index contributed by atoms with van der Waals surface area (Å²) in [6.45, 7) is 3.92. The van der Waals surface area contributed by atoms with Gasteiger partial charge in [0.2, 0.25) is 5.91 Å². The Hall–Kier alpha value is -3.54. The van der Waals surface area contributed by atoms with Gasteiger partial charge in [0.1, 0.15) is 11.5 Å². The number of ether oxygens (including phenoxy) is 1. The summed E-state index contributed by atoms with van der Waals surface area (Å²) in [7, 11) is 0. The molecule has 0 bridgehead atoms. The number of anilines is 2. The van der Waals surface area contributed by atoms with Gasteiger partial charge in [0, 0.05) is 12.6 Å². The van der Waals surface area contributed by atoms with E-state index in [0.717, 1.165) is 11.3 Å². The first-order valence-electron chi connectivity index (χ1n) is 9.47. The summed E-state index contributed by atoms with van der Waals surface area (Å²) in [4.78, 5) is 28.9. The molecule has 148 valence electrons. The molecule has 1 aromatic heterocycles. The average molecular weight is 390 g/mol. The number of amides is 2. The molecule has 1 aliphatic rings. The van der Waals surface area contributed by atoms with Crippen LogP contribution in [0.1, 0.15) is 18.2 Å². The van der Waals surface area contributed by atoms with E-state index >= 15 is 0 Å². The van der Waals surface area contributed by atoms with E-state index in [2.05, 4.69) is 0 Å². The van der Waals surface area contributed by atoms with Crippen LogP contribution in [0.3, 0.4) is 0 Å². The van der Waals surface area contributed by atoms with Crippen molar-refractivity contribution < 1.29 is 18.7 Å². The van der Waals surface area contributed by atoms with Gasteiger partial charge in [0.05, 0.1) is 25.0 Å². The molecule has 0 unspecified atom stereocenters. The molecule has 0 saturated carbocycles. The highest BCUT2D eigenvalue weighted by Gasteiger charge is 2.35. The van der Waals surface area contributed by atoms with Gasteiger partial charge in [-0.25, -0.2) is 0 Å². The molecule has 0 aliphatic carbocycles. The lowest BCUT2D eigenvalue weighted by Crippen LogP contribution is -2.51. The molecule has 6 nitrogen and oxygen atoms in total. The summed E-state index contributed by atoms with van der Waals surface area (Å²) in [5, 5.41) is 0. The third-order valence-electron chi connectivity index (χ3n) is 4.93. The summed E-state index contributed by atoms with van der Waals surface area (Å²) < 4.78 is 11.5. The van der Waals surface area contributed by atoms with Gasteiger partial charge >= 0.3 is 0 Å². The van der Waals surface area contributed by atoms with Crippen molar-refractivity contribution in [1.82, 2.24) is 0 Å². The van der Waals surface area contributed by atoms with Crippen LogP contribution in [-0.4, -0.2) is 24.5 Å². The number of carbonyl (C=O) groups is 2. The third-order valence-corrected chi connectivity index (χ3v) is 4.93. The minimum atomic E-state index is -0.815. The van der Waals surface area contributed by atoms with Gasteiger partial charge in [-0.3, -0.25) is 9.59 Å². The first-order valence-corrected chi connectivity index (χ1v) is 9.47. The molecule has 0 saturated heterocycles. The fourth-order valence-corrected chi connectivity index (χ4v) is 3.41. The Balaban J connectivity index is 1.67. The summed E-state index contributed by atoms with van der Waals surface area (Å²) in [6.07, 6.45) is 0.767. The predicted octanol–water partition coefficient (Wildman–Crippen LogP) is 3.94. The lowest BCUT2D eigenvalue weighted by Gasteiger charge is -2.36. The number of fused-ring (bicyclic) bond motifs is 1. The molecular formula is C23H22N2O4. The maximum Gasteiger partial charge on any atom is 0.270 e. The topological polar surface area (TPSA) is 63.0 Å². The van der Waals surface area contributed by atoms with E-state index in [9.17, 15) is 9.59 Å². The smallest absolute Gasteiger partial charge is 0.270 e. The van der Waals surface area contributed by atoms with E-state index in [0.29, 0.717) is 17.2 Å². The Kier molecular flexibility index (Phi) is 5.08. The van der Waals surface area contributed by atoms with Crippen LogP contribution in [0, 0.1) is 6.92 Å². The summed E-state index contributed by atoms with van der Waals surface area (Å²) in [5.74, 6) is 0.824. The van der Waals surface area contributed by atoms with E-state index in [1.165, 1.54) is 6.92 Å². The fourth-order valence-electron chi connectivity index (χ4n) is 3.41. The van der Waals surface area contributed by atoms with Crippen molar-refractivity contribution in [3.8, 4) is 5.75 Å². The molecule has 3 aromatic rings. The predicted molar refractivity (Wildman–Crippen MR) is 110 cm³/mol. The lowest BCUT2D eigenvalue weighted by atomic mass is 10.1. The maximum absolute atomic E-state index is 13.5. The zero-order valence-corrected chi connectivity index (χ0v) is 16.4. The molecule has 2 heterocycles. The van der Waals surface area contributed by atoms with Crippen molar-refractivity contribution in [1.29, 1.82) is 0 Å². The second-order valence-electron chi connectivity index (χ2n) is 7.04. The highest BCUT2D eigenvalue weighted by atomic mass is 16.5. The Morgan fingerprint density at radius 3 is 2.52 bits per heavy atom. The molecule has 4 rings (SSSR count). The normalized spacial score (nSPS) is 15.4. The van der Waals surface area contributed by atoms with Crippen LogP contribution in [0.5, 0.6) is 5.75 Å². The number of carbonyl (C=O) groups excluding carboxylic acids is 2. The molecule has 0 fully saturated rings. The van der Waals surface area contributed by atoms with Crippen molar-refractivity contribution in [2.75, 3.05) is 16.3 Å². The Morgan fingerprint density at radius 1 is 1.07 bits per heavy atom. The summed E-state index contributed by atoms with van der Waals surface area (Å²) in [6, 6.07) is 18.6. The minimum Gasteiger partial charge on any atom is -0.476 e. The van der Waals surface area contributed by atoms with Gasteiger partial charge in [-0.15, -0.1) is 0 Å². The van der Waals surface area contributed by atoms with E-state index < -0.39 is 6.10 Å². The van der Waals surface area contributed by atoms with Crippen LogP contribution in [-0.2, 0) is 16.1 Å². The van der Waals surface area contributed by atoms with Crippen LogP contribution in [0.2, 0.25) is 0 Å². The number of furan rings is 1. The molecule has 2 aromatic carbocycles. The fraction of sp³-hybridized carbons (Fsp3) is 0.217. The number of benzene rings is 2. The molecule has 0 spiro atoms. The molecule has 1 atom stereocenters. The second kappa shape index (κ2) is 7.83. The molecule has 2 amide bonds. The monoisotopic (exact) mass is 390 g/mol. The van der Waals surface area contributed by atoms with E-state index in [-0.39, 0.29) is 24.9 Å². The lowest BCUT2D eigenvalue weighted by molar-refractivity contribution is -0.126. The van der Waals surface area contributed by atoms with Crippen LogP contribution >= 0.6 is 0 Å². The number of para-hydroxylation sites is 2. The zero-order valence-electron chi connectivity index (χ0n) is 16.4. The maximum atomic E-state index is 13.5. The van der Waals surface area contributed by atoms with Crippen molar-refractivity contribution in [3.63, 3.8) is 0 Å². The van der Waals surface area contributed by atoms with Crippen LogP contribution in [0.25, 0.3) is 0 Å². The van der Waals surface area contributed by atoms with Gasteiger partial charge in [-0.2, -0.15) is 0 Å². The van der Waals surface area contributed by atoms with E-state index in [4.69, 9.17) is 9.15 Å². The molecule has 0 radical (unpaired) electrons. The van der Waals surface area contributed by atoms with E-state index in [1.54, 1.807) is 28.2 Å². The Morgan fingerprint density at radius 2 is 1.83 bits per heavy atom. The largest absolute Gasteiger partial charge is 0.476 e. The summed E-state index contributed by atoms with van der Waals surface area (Å²) >= 11 is 0. The molecule has 1 aliphatic heterocycles. The van der Waals surface area contributed by atoms with Gasteiger partial charge in [0.15, 0.2) is 6.10 Å². The van der Waals surface area contributed by atoms with Crippen LogP contribution < -0.4 is 14.5 Å². The zero-order chi connectivity index (χ0) is 20.4. The van der Waals surface area contributed by atoms with Gasteiger partial charge < -0.3 is 19.0 Å². The second-order valence-corrected chi connectivity index (χ2v) is 7.04. The van der Waals surface area contributed by atoms with Gasteiger partial charge in [0.25, 0.3) is 5.91 Å². The first-order chi connectivity index (χ1) is 14.0. The van der Waals surface area contributed by atoms with Crippen LogP contribution in [0.4, 0.5) is 11.4 Å². The standard InChI is InChI=1S/C23H22N2O4/c1-16-9-11-18(12-10-16)25(14-19-6-5-13-28-19)23(27)22-15-24(17(2)26)20-7-3-4-8-21(20)29-22/h3-13,22H,14-15H2,1-2H3/t22-/m1/s1. The van der Waals surface area contributed by atoms with Gasteiger partial charge in [-0.05, 0) is 43.3 Å². The summed E-state index contributed by atoms with van der Waals surface area (Å²) in [5.41, 5.74) is 2.52. The van der Waals surface area contributed by atoms with Crippen molar-refractivity contribution in [3.05, 3.63) is 78.3 Å². The molecule has 0 N–H and O–H groups in total. The van der Waals surface area contributed by atoms with Crippen LogP contribution in [0.15, 0.2) is 71.3 Å². The van der Waals surface area contributed by atoms with E-state index in [1.807, 2.05) is 55.5 Å². The van der Waals surface area contributed by atoms with Crippen molar-refractivity contribution >= 4 is 23.2 Å². The molecule has 29 heavy (non-hydrogen) atoms. The Bertz CT molecular complexity index is 1010. The van der Waals surface area contributed by atoms with Crippen molar-refractivity contribution in [2.24, 2.45) is 0 Å². The highest BCUT2D eigenvalue weighted by molar-refractivity contribution is 6.00. The third kappa shape index (κ3) is 3.87. The highest BCUT2D eigenvalue weighted by Crippen LogP contribution is 2.34. The number of hydrogen-bond acceptors (Lipinski definition) is 4. The number of nitrogens with zero attached hydrogens (tertiary/aromatic N) is 2. The minimum absolute atomic E-state index is 0.133. The van der Waals surface area contributed by atoms with Gasteiger partial charge in [-0.1, -0.05) is 29.8 Å². The quantitative estimate of drug-likeness (QED) is 0.677. The number of rotatable bonds is 4. The Labute approximate surface area is 169 Å². The number of hydrogen-bond donors (Lipinski definition) is 0. The number of aryl methyl sites for hydroxylation is 1. The molecule has 6 heteroatoms. The average Bonchev–Trinajstić information content (AvgIpc) is 3.24. The van der Waals surface area contributed by atoms with Crippen molar-refractivity contribution in [2.45, 2.75) is 26.5 Å². The SMILES string of the molecule is CC(=O)N1C[C@H](C(=O)N(Cc2ccco2)c2ccc(C)cc2)Oc2ccccc21. The molecular weight excluding hydrogens is 368 g/mol. The first kappa shape index (κ1) is 18.8.